The average molecular weight is 328 g/mol. The van der Waals surface area contributed by atoms with Crippen LogP contribution >= 0.6 is 15.9 Å². The Morgan fingerprint density at radius 1 is 1.32 bits per heavy atom. The lowest BCUT2D eigenvalue weighted by Crippen LogP contribution is -2.42. The fourth-order valence-corrected chi connectivity index (χ4v) is 2.81. The van der Waals surface area contributed by atoms with E-state index < -0.39 is 12.0 Å². The van der Waals surface area contributed by atoms with Crippen LogP contribution in [0.2, 0.25) is 0 Å². The van der Waals surface area contributed by atoms with E-state index >= 15 is 0 Å². The largest absolute Gasteiger partial charge is 0.479 e. The number of nitrogens with zero attached hydrogens (tertiary/aromatic N) is 1. The van der Waals surface area contributed by atoms with E-state index in [1.807, 2.05) is 19.1 Å². The van der Waals surface area contributed by atoms with Crippen LogP contribution in [0.15, 0.2) is 22.7 Å². The lowest BCUT2D eigenvalue weighted by molar-refractivity contribution is -0.151. The van der Waals surface area contributed by atoms with Crippen molar-refractivity contribution < 1.29 is 14.7 Å². The van der Waals surface area contributed by atoms with Gasteiger partial charge in [-0.25, -0.2) is 4.79 Å². The SMILES string of the molecule is CC(=O)N(C(C)C)C(C(=O)O)c1ccc(C)cc1Br. The Morgan fingerprint density at radius 2 is 1.89 bits per heavy atom. The Morgan fingerprint density at radius 3 is 2.26 bits per heavy atom. The minimum Gasteiger partial charge on any atom is -0.479 e. The Kier molecular flexibility index (Phi) is 5.11. The zero-order valence-corrected chi connectivity index (χ0v) is 13.1. The Balaban J connectivity index is 3.34. The summed E-state index contributed by atoms with van der Waals surface area (Å²) < 4.78 is 0.701. The zero-order chi connectivity index (χ0) is 14.7. The molecule has 0 bridgehead atoms. The van der Waals surface area contributed by atoms with Gasteiger partial charge in [0.15, 0.2) is 6.04 Å². The molecule has 0 spiro atoms. The molecule has 0 fully saturated rings. The molecular formula is C14H18BrNO3. The lowest BCUT2D eigenvalue weighted by atomic mass is 10.0. The molecule has 1 atom stereocenters. The number of rotatable bonds is 4. The number of carbonyl (C=O) groups excluding carboxylic acids is 1. The van der Waals surface area contributed by atoms with Gasteiger partial charge in [0.05, 0.1) is 0 Å². The van der Waals surface area contributed by atoms with E-state index in [-0.39, 0.29) is 11.9 Å². The second-order valence-corrected chi connectivity index (χ2v) is 5.64. The van der Waals surface area contributed by atoms with E-state index in [0.29, 0.717) is 10.0 Å². The van der Waals surface area contributed by atoms with Crippen LogP contribution in [0.1, 0.15) is 37.9 Å². The van der Waals surface area contributed by atoms with E-state index in [1.165, 1.54) is 11.8 Å². The normalized spacial score (nSPS) is 12.3. The molecule has 0 aliphatic carbocycles. The highest BCUT2D eigenvalue weighted by Crippen LogP contribution is 2.30. The first-order chi connectivity index (χ1) is 8.75. The second kappa shape index (κ2) is 6.19. The molecule has 0 aromatic heterocycles. The lowest BCUT2D eigenvalue weighted by Gasteiger charge is -2.32. The molecule has 1 rings (SSSR count). The Hall–Kier alpha value is -1.36. The number of benzene rings is 1. The topological polar surface area (TPSA) is 57.6 Å². The summed E-state index contributed by atoms with van der Waals surface area (Å²) in [6.45, 7) is 6.92. The second-order valence-electron chi connectivity index (χ2n) is 4.79. The first-order valence-corrected chi connectivity index (χ1v) is 6.82. The molecule has 104 valence electrons. The van der Waals surface area contributed by atoms with Gasteiger partial charge in [0, 0.05) is 23.0 Å². The molecule has 0 saturated carbocycles. The molecule has 19 heavy (non-hydrogen) atoms. The number of amides is 1. The van der Waals surface area contributed by atoms with Gasteiger partial charge in [-0.15, -0.1) is 0 Å². The minimum atomic E-state index is -1.03. The third-order valence-corrected chi connectivity index (χ3v) is 3.57. The van der Waals surface area contributed by atoms with Gasteiger partial charge in [-0.1, -0.05) is 28.1 Å². The summed E-state index contributed by atoms with van der Waals surface area (Å²) in [7, 11) is 0. The average Bonchev–Trinajstić information content (AvgIpc) is 2.25. The third-order valence-electron chi connectivity index (χ3n) is 2.88. The molecule has 1 aromatic rings. The van der Waals surface area contributed by atoms with Crippen LogP contribution in [0, 0.1) is 6.92 Å². The summed E-state index contributed by atoms with van der Waals surface area (Å²) >= 11 is 3.38. The van der Waals surface area contributed by atoms with E-state index in [2.05, 4.69) is 15.9 Å². The van der Waals surface area contributed by atoms with Crippen molar-refractivity contribution >= 4 is 27.8 Å². The van der Waals surface area contributed by atoms with Crippen LogP contribution in [0.4, 0.5) is 0 Å². The molecule has 0 heterocycles. The van der Waals surface area contributed by atoms with Crippen LogP contribution in [0.25, 0.3) is 0 Å². The maximum Gasteiger partial charge on any atom is 0.331 e. The number of carbonyl (C=O) groups is 2. The zero-order valence-electron chi connectivity index (χ0n) is 11.5. The van der Waals surface area contributed by atoms with Gasteiger partial charge < -0.3 is 10.0 Å². The Labute approximate surface area is 121 Å². The van der Waals surface area contributed by atoms with Crippen LogP contribution < -0.4 is 0 Å². The van der Waals surface area contributed by atoms with Gasteiger partial charge in [-0.2, -0.15) is 0 Å². The van der Waals surface area contributed by atoms with Crippen LogP contribution in [0.5, 0.6) is 0 Å². The quantitative estimate of drug-likeness (QED) is 0.924. The molecule has 0 aliphatic rings. The van der Waals surface area contributed by atoms with Crippen LogP contribution in [-0.4, -0.2) is 27.9 Å². The molecule has 0 radical (unpaired) electrons. The minimum absolute atomic E-state index is 0.188. The molecule has 4 nitrogen and oxygen atoms in total. The third kappa shape index (κ3) is 3.56. The number of halogens is 1. The highest BCUT2D eigenvalue weighted by molar-refractivity contribution is 9.10. The van der Waals surface area contributed by atoms with Gasteiger partial charge in [-0.05, 0) is 32.4 Å². The number of aryl methyl sites for hydroxylation is 1. The Bertz CT molecular complexity index is 499. The molecule has 1 unspecified atom stereocenters. The summed E-state index contributed by atoms with van der Waals surface area (Å²) in [4.78, 5) is 24.7. The summed E-state index contributed by atoms with van der Waals surface area (Å²) in [5.41, 5.74) is 1.61. The number of hydrogen-bond acceptors (Lipinski definition) is 2. The van der Waals surface area contributed by atoms with Crippen molar-refractivity contribution in [3.05, 3.63) is 33.8 Å². The first kappa shape index (κ1) is 15.7. The predicted molar refractivity (Wildman–Crippen MR) is 76.9 cm³/mol. The standard InChI is InChI=1S/C14H18BrNO3/c1-8(2)16(10(4)17)13(14(18)19)11-6-5-9(3)7-12(11)15/h5-8,13H,1-4H3,(H,18,19). The number of hydrogen-bond donors (Lipinski definition) is 1. The number of carboxylic acids is 1. The molecule has 1 amide bonds. The summed E-state index contributed by atoms with van der Waals surface area (Å²) in [5, 5.41) is 9.47. The maximum absolute atomic E-state index is 11.7. The van der Waals surface area contributed by atoms with E-state index in [4.69, 9.17) is 0 Å². The number of aliphatic carboxylic acids is 1. The van der Waals surface area contributed by atoms with E-state index in [0.717, 1.165) is 5.56 Å². The highest BCUT2D eigenvalue weighted by Gasteiger charge is 2.32. The van der Waals surface area contributed by atoms with Gasteiger partial charge in [0.2, 0.25) is 5.91 Å². The van der Waals surface area contributed by atoms with Crippen molar-refractivity contribution in [1.82, 2.24) is 4.90 Å². The number of carboxylic acid groups (broad SMARTS) is 1. The predicted octanol–water partition coefficient (Wildman–Crippen LogP) is 3.14. The van der Waals surface area contributed by atoms with E-state index in [9.17, 15) is 14.7 Å². The smallest absolute Gasteiger partial charge is 0.331 e. The maximum atomic E-state index is 11.7. The van der Waals surface area contributed by atoms with Gasteiger partial charge in [-0.3, -0.25) is 4.79 Å². The van der Waals surface area contributed by atoms with Crippen molar-refractivity contribution in [2.45, 2.75) is 39.8 Å². The fraction of sp³-hybridized carbons (Fsp3) is 0.429. The van der Waals surface area contributed by atoms with Crippen molar-refractivity contribution in [3.63, 3.8) is 0 Å². The highest BCUT2D eigenvalue weighted by atomic mass is 79.9. The molecule has 0 saturated heterocycles. The molecular weight excluding hydrogens is 310 g/mol. The van der Waals surface area contributed by atoms with Crippen LogP contribution in [-0.2, 0) is 9.59 Å². The summed E-state index contributed by atoms with van der Waals surface area (Å²) in [6.07, 6.45) is 0. The van der Waals surface area contributed by atoms with Crippen molar-refractivity contribution in [2.75, 3.05) is 0 Å². The van der Waals surface area contributed by atoms with Gasteiger partial charge >= 0.3 is 5.97 Å². The van der Waals surface area contributed by atoms with Crippen molar-refractivity contribution in [1.29, 1.82) is 0 Å². The molecule has 1 aromatic carbocycles. The van der Waals surface area contributed by atoms with Gasteiger partial charge in [0.1, 0.15) is 0 Å². The van der Waals surface area contributed by atoms with Gasteiger partial charge in [0.25, 0.3) is 0 Å². The monoisotopic (exact) mass is 327 g/mol. The van der Waals surface area contributed by atoms with Crippen molar-refractivity contribution in [2.24, 2.45) is 0 Å². The summed E-state index contributed by atoms with van der Waals surface area (Å²) in [5.74, 6) is -1.29. The van der Waals surface area contributed by atoms with Crippen LogP contribution in [0.3, 0.4) is 0 Å². The first-order valence-electron chi connectivity index (χ1n) is 6.03. The summed E-state index contributed by atoms with van der Waals surface area (Å²) in [6, 6.07) is 4.27. The van der Waals surface area contributed by atoms with Crippen molar-refractivity contribution in [3.8, 4) is 0 Å². The molecule has 1 N–H and O–H groups in total. The molecule has 5 heteroatoms. The van der Waals surface area contributed by atoms with E-state index in [1.54, 1.807) is 19.9 Å². The molecule has 0 aliphatic heterocycles. The fourth-order valence-electron chi connectivity index (χ4n) is 2.10.